The zero-order valence-electron chi connectivity index (χ0n) is 10.6. The number of ether oxygens (including phenoxy) is 1. The first-order valence-corrected chi connectivity index (χ1v) is 6.40. The Kier molecular flexibility index (Phi) is 4.54. The van der Waals surface area contributed by atoms with Crippen LogP contribution in [0.4, 0.5) is 0 Å². The molecule has 94 valence electrons. The van der Waals surface area contributed by atoms with Crippen LogP contribution >= 0.6 is 0 Å². The van der Waals surface area contributed by atoms with Crippen LogP contribution in [-0.4, -0.2) is 37.2 Å². The van der Waals surface area contributed by atoms with Crippen LogP contribution in [0.15, 0.2) is 24.3 Å². The summed E-state index contributed by atoms with van der Waals surface area (Å²) in [7, 11) is 0. The Hall–Kier alpha value is -0.900. The lowest BCUT2D eigenvalue weighted by Gasteiger charge is -2.33. The van der Waals surface area contributed by atoms with Crippen LogP contribution in [0, 0.1) is 0 Å². The zero-order valence-corrected chi connectivity index (χ0v) is 10.6. The van der Waals surface area contributed by atoms with E-state index >= 15 is 0 Å². The Balaban J connectivity index is 2.06. The number of hydrogen-bond donors (Lipinski definition) is 1. The van der Waals surface area contributed by atoms with Gasteiger partial charge in [-0.15, -0.1) is 0 Å². The lowest BCUT2D eigenvalue weighted by molar-refractivity contribution is -0.00447. The lowest BCUT2D eigenvalue weighted by atomic mass is 10.0. The van der Waals surface area contributed by atoms with Gasteiger partial charge in [-0.1, -0.05) is 24.3 Å². The molecular formula is C14H22N2O. The molecule has 1 unspecified atom stereocenters. The van der Waals surface area contributed by atoms with Crippen molar-refractivity contribution >= 4 is 0 Å². The van der Waals surface area contributed by atoms with Crippen molar-refractivity contribution in [1.82, 2.24) is 4.90 Å². The first kappa shape index (κ1) is 12.6. The molecule has 0 aliphatic carbocycles. The topological polar surface area (TPSA) is 38.5 Å². The van der Waals surface area contributed by atoms with Crippen LogP contribution in [0.3, 0.4) is 0 Å². The molecule has 1 saturated heterocycles. The summed E-state index contributed by atoms with van der Waals surface area (Å²) in [4.78, 5) is 2.48. The highest BCUT2D eigenvalue weighted by molar-refractivity contribution is 5.27. The molecule has 3 heteroatoms. The molecule has 3 nitrogen and oxygen atoms in total. The van der Waals surface area contributed by atoms with E-state index in [4.69, 9.17) is 10.5 Å². The molecule has 0 amide bonds. The summed E-state index contributed by atoms with van der Waals surface area (Å²) >= 11 is 0. The minimum atomic E-state index is 0.509. The van der Waals surface area contributed by atoms with Gasteiger partial charge in [0.05, 0.1) is 13.2 Å². The van der Waals surface area contributed by atoms with Crippen LogP contribution in [0.5, 0.6) is 0 Å². The van der Waals surface area contributed by atoms with Gasteiger partial charge in [0, 0.05) is 19.1 Å². The zero-order chi connectivity index (χ0) is 12.1. The molecule has 0 aromatic heterocycles. The predicted molar refractivity (Wildman–Crippen MR) is 69.9 cm³/mol. The fourth-order valence-corrected chi connectivity index (χ4v) is 2.33. The highest BCUT2D eigenvalue weighted by atomic mass is 16.5. The van der Waals surface area contributed by atoms with Crippen molar-refractivity contribution < 1.29 is 4.74 Å². The third kappa shape index (κ3) is 3.28. The van der Waals surface area contributed by atoms with E-state index in [0.29, 0.717) is 6.04 Å². The molecule has 0 saturated carbocycles. The number of hydrogen-bond acceptors (Lipinski definition) is 3. The number of rotatable bonds is 4. The van der Waals surface area contributed by atoms with Crippen molar-refractivity contribution in [2.24, 2.45) is 5.73 Å². The predicted octanol–water partition coefficient (Wildman–Crippen LogP) is 1.41. The number of benzene rings is 1. The molecule has 0 radical (unpaired) electrons. The molecule has 0 bridgehead atoms. The standard InChI is InChI=1S/C14H22N2O/c1-12-11-17-9-8-16(12)10-14-5-3-2-4-13(14)6-7-15/h2-5,12H,6-11,15H2,1H3. The van der Waals surface area contributed by atoms with Gasteiger partial charge in [-0.05, 0) is 31.0 Å². The highest BCUT2D eigenvalue weighted by Crippen LogP contribution is 2.15. The maximum absolute atomic E-state index is 5.66. The molecule has 1 fully saturated rings. The molecule has 0 spiro atoms. The van der Waals surface area contributed by atoms with E-state index in [1.165, 1.54) is 11.1 Å². The van der Waals surface area contributed by atoms with E-state index in [0.717, 1.165) is 39.3 Å². The number of morpholine rings is 1. The van der Waals surface area contributed by atoms with Crippen LogP contribution in [0.2, 0.25) is 0 Å². The first-order valence-electron chi connectivity index (χ1n) is 6.40. The fourth-order valence-electron chi connectivity index (χ4n) is 2.33. The molecule has 1 aliphatic heterocycles. The summed E-state index contributed by atoms with van der Waals surface area (Å²) in [5.74, 6) is 0. The van der Waals surface area contributed by atoms with Crippen molar-refractivity contribution in [3.05, 3.63) is 35.4 Å². The third-order valence-electron chi connectivity index (χ3n) is 3.41. The van der Waals surface area contributed by atoms with E-state index in [2.05, 4.69) is 36.1 Å². The third-order valence-corrected chi connectivity index (χ3v) is 3.41. The molecule has 1 heterocycles. The van der Waals surface area contributed by atoms with Gasteiger partial charge in [0.15, 0.2) is 0 Å². The second-order valence-corrected chi connectivity index (χ2v) is 4.70. The highest BCUT2D eigenvalue weighted by Gasteiger charge is 2.19. The summed E-state index contributed by atoms with van der Waals surface area (Å²) < 4.78 is 5.47. The monoisotopic (exact) mass is 234 g/mol. The Morgan fingerprint density at radius 3 is 2.82 bits per heavy atom. The summed E-state index contributed by atoms with van der Waals surface area (Å²) in [6.07, 6.45) is 0.967. The molecule has 2 N–H and O–H groups in total. The fraction of sp³-hybridized carbons (Fsp3) is 0.571. The van der Waals surface area contributed by atoms with Gasteiger partial charge in [0.1, 0.15) is 0 Å². The average Bonchev–Trinajstić information content (AvgIpc) is 2.35. The second-order valence-electron chi connectivity index (χ2n) is 4.70. The maximum atomic E-state index is 5.66. The van der Waals surface area contributed by atoms with Crippen molar-refractivity contribution in [2.75, 3.05) is 26.3 Å². The normalized spacial score (nSPS) is 21.6. The van der Waals surface area contributed by atoms with E-state index in [1.54, 1.807) is 0 Å². The van der Waals surface area contributed by atoms with Gasteiger partial charge in [-0.3, -0.25) is 4.90 Å². The van der Waals surface area contributed by atoms with Gasteiger partial charge in [0.25, 0.3) is 0 Å². The molecule has 1 atom stereocenters. The quantitative estimate of drug-likeness (QED) is 0.856. The summed E-state index contributed by atoms with van der Waals surface area (Å²) in [5.41, 5.74) is 8.45. The van der Waals surface area contributed by atoms with Crippen molar-refractivity contribution in [3.63, 3.8) is 0 Å². The van der Waals surface area contributed by atoms with Crippen LogP contribution in [0.25, 0.3) is 0 Å². The van der Waals surface area contributed by atoms with Crippen molar-refractivity contribution in [3.8, 4) is 0 Å². The van der Waals surface area contributed by atoms with Gasteiger partial charge < -0.3 is 10.5 Å². The van der Waals surface area contributed by atoms with Crippen LogP contribution < -0.4 is 5.73 Å². The largest absolute Gasteiger partial charge is 0.379 e. The minimum absolute atomic E-state index is 0.509. The summed E-state index contributed by atoms with van der Waals surface area (Å²) in [6, 6.07) is 9.12. The molecule has 2 rings (SSSR count). The molecular weight excluding hydrogens is 212 g/mol. The first-order chi connectivity index (χ1) is 8.31. The SMILES string of the molecule is CC1COCCN1Cc1ccccc1CCN. The number of nitrogens with zero attached hydrogens (tertiary/aromatic N) is 1. The van der Waals surface area contributed by atoms with Gasteiger partial charge in [-0.2, -0.15) is 0 Å². The molecule has 1 aromatic carbocycles. The van der Waals surface area contributed by atoms with E-state index in [-0.39, 0.29) is 0 Å². The van der Waals surface area contributed by atoms with E-state index in [1.807, 2.05) is 0 Å². The molecule has 1 aliphatic rings. The Labute approximate surface area is 104 Å². The maximum Gasteiger partial charge on any atom is 0.0619 e. The smallest absolute Gasteiger partial charge is 0.0619 e. The average molecular weight is 234 g/mol. The van der Waals surface area contributed by atoms with Gasteiger partial charge in [-0.25, -0.2) is 0 Å². The van der Waals surface area contributed by atoms with Crippen molar-refractivity contribution in [2.45, 2.75) is 25.9 Å². The Bertz CT molecular complexity index is 354. The Morgan fingerprint density at radius 1 is 1.35 bits per heavy atom. The Morgan fingerprint density at radius 2 is 2.12 bits per heavy atom. The van der Waals surface area contributed by atoms with Crippen molar-refractivity contribution in [1.29, 1.82) is 0 Å². The lowest BCUT2D eigenvalue weighted by Crippen LogP contribution is -2.43. The van der Waals surface area contributed by atoms with Gasteiger partial charge >= 0.3 is 0 Å². The summed E-state index contributed by atoms with van der Waals surface area (Å²) in [6.45, 7) is 6.68. The van der Waals surface area contributed by atoms with Gasteiger partial charge in [0.2, 0.25) is 0 Å². The second kappa shape index (κ2) is 6.15. The number of nitrogens with two attached hydrogens (primary N) is 1. The van der Waals surface area contributed by atoms with Crippen LogP contribution in [0.1, 0.15) is 18.1 Å². The minimum Gasteiger partial charge on any atom is -0.379 e. The summed E-state index contributed by atoms with van der Waals surface area (Å²) in [5, 5.41) is 0. The van der Waals surface area contributed by atoms with E-state index in [9.17, 15) is 0 Å². The van der Waals surface area contributed by atoms with E-state index < -0.39 is 0 Å². The van der Waals surface area contributed by atoms with Crippen LogP contribution in [-0.2, 0) is 17.7 Å². The molecule has 17 heavy (non-hydrogen) atoms. The molecule has 1 aromatic rings.